The SMILES string of the molecule is CNCc1nn(C)c(-c2cccc(C)c2)c1C. The van der Waals surface area contributed by atoms with E-state index < -0.39 is 0 Å². The molecular formula is C14H19N3. The average molecular weight is 229 g/mol. The van der Waals surface area contributed by atoms with Gasteiger partial charge in [0.15, 0.2) is 0 Å². The second-order valence-electron chi connectivity index (χ2n) is 4.44. The number of rotatable bonds is 3. The normalized spacial score (nSPS) is 10.8. The first-order chi connectivity index (χ1) is 8.13. The zero-order chi connectivity index (χ0) is 12.4. The summed E-state index contributed by atoms with van der Waals surface area (Å²) in [5.74, 6) is 0. The van der Waals surface area contributed by atoms with Gasteiger partial charge in [0.05, 0.1) is 11.4 Å². The van der Waals surface area contributed by atoms with Gasteiger partial charge in [-0.25, -0.2) is 0 Å². The van der Waals surface area contributed by atoms with Crippen LogP contribution >= 0.6 is 0 Å². The highest BCUT2D eigenvalue weighted by Crippen LogP contribution is 2.25. The van der Waals surface area contributed by atoms with E-state index in [0.717, 1.165) is 12.2 Å². The Morgan fingerprint density at radius 3 is 2.71 bits per heavy atom. The summed E-state index contributed by atoms with van der Waals surface area (Å²) in [5, 5.41) is 7.71. The van der Waals surface area contributed by atoms with Crippen molar-refractivity contribution in [3.05, 3.63) is 41.1 Å². The van der Waals surface area contributed by atoms with Crippen LogP contribution in [0, 0.1) is 13.8 Å². The molecule has 1 N–H and O–H groups in total. The molecule has 3 heteroatoms. The van der Waals surface area contributed by atoms with E-state index in [9.17, 15) is 0 Å². The fourth-order valence-corrected chi connectivity index (χ4v) is 2.22. The molecule has 0 spiro atoms. The molecule has 90 valence electrons. The summed E-state index contributed by atoms with van der Waals surface area (Å²) in [7, 11) is 3.95. The third-order valence-corrected chi connectivity index (χ3v) is 3.02. The Labute approximate surface area is 102 Å². The molecule has 2 aromatic rings. The molecule has 0 saturated heterocycles. The lowest BCUT2D eigenvalue weighted by Crippen LogP contribution is -2.06. The van der Waals surface area contributed by atoms with Crippen LogP contribution in [0.25, 0.3) is 11.3 Å². The van der Waals surface area contributed by atoms with Gasteiger partial charge in [-0.3, -0.25) is 4.68 Å². The van der Waals surface area contributed by atoms with Gasteiger partial charge in [-0.1, -0.05) is 23.8 Å². The molecule has 0 radical (unpaired) electrons. The summed E-state index contributed by atoms with van der Waals surface area (Å²) in [6.07, 6.45) is 0. The second kappa shape index (κ2) is 4.72. The zero-order valence-corrected chi connectivity index (χ0v) is 10.9. The number of hydrogen-bond donors (Lipinski definition) is 1. The lowest BCUT2D eigenvalue weighted by atomic mass is 10.0. The lowest BCUT2D eigenvalue weighted by Gasteiger charge is -2.05. The van der Waals surface area contributed by atoms with Crippen molar-refractivity contribution in [2.45, 2.75) is 20.4 Å². The van der Waals surface area contributed by atoms with Gasteiger partial charge in [0, 0.05) is 19.2 Å². The average Bonchev–Trinajstić information content (AvgIpc) is 2.55. The van der Waals surface area contributed by atoms with Gasteiger partial charge in [0.25, 0.3) is 0 Å². The van der Waals surface area contributed by atoms with Gasteiger partial charge >= 0.3 is 0 Å². The number of aryl methyl sites for hydroxylation is 2. The number of hydrogen-bond acceptors (Lipinski definition) is 2. The fraction of sp³-hybridized carbons (Fsp3) is 0.357. The quantitative estimate of drug-likeness (QED) is 0.876. The van der Waals surface area contributed by atoms with Crippen molar-refractivity contribution in [1.29, 1.82) is 0 Å². The van der Waals surface area contributed by atoms with Crippen LogP contribution in [0.15, 0.2) is 24.3 Å². The third kappa shape index (κ3) is 2.24. The van der Waals surface area contributed by atoms with E-state index in [2.05, 4.69) is 48.5 Å². The van der Waals surface area contributed by atoms with Crippen LogP contribution in [0.4, 0.5) is 0 Å². The van der Waals surface area contributed by atoms with Crippen LogP contribution in [0.3, 0.4) is 0 Å². The van der Waals surface area contributed by atoms with Crippen molar-refractivity contribution < 1.29 is 0 Å². The summed E-state index contributed by atoms with van der Waals surface area (Å²) < 4.78 is 1.97. The summed E-state index contributed by atoms with van der Waals surface area (Å²) in [6.45, 7) is 5.06. The molecule has 0 aliphatic heterocycles. The minimum absolute atomic E-state index is 0.811. The second-order valence-corrected chi connectivity index (χ2v) is 4.44. The van der Waals surface area contributed by atoms with Gasteiger partial charge in [0.1, 0.15) is 0 Å². The molecule has 1 aromatic carbocycles. The van der Waals surface area contributed by atoms with Crippen LogP contribution < -0.4 is 5.32 Å². The molecule has 0 aliphatic rings. The third-order valence-electron chi connectivity index (χ3n) is 3.02. The van der Waals surface area contributed by atoms with Crippen LogP contribution in [0.5, 0.6) is 0 Å². The van der Waals surface area contributed by atoms with E-state index in [-0.39, 0.29) is 0 Å². The van der Waals surface area contributed by atoms with E-state index in [0.29, 0.717) is 0 Å². The molecule has 1 heterocycles. The Morgan fingerprint density at radius 1 is 1.29 bits per heavy atom. The largest absolute Gasteiger partial charge is 0.314 e. The zero-order valence-electron chi connectivity index (χ0n) is 10.9. The van der Waals surface area contributed by atoms with Crippen molar-refractivity contribution in [1.82, 2.24) is 15.1 Å². The van der Waals surface area contributed by atoms with E-state index in [1.807, 2.05) is 18.8 Å². The van der Waals surface area contributed by atoms with E-state index in [1.165, 1.54) is 22.4 Å². The van der Waals surface area contributed by atoms with Crippen molar-refractivity contribution >= 4 is 0 Å². The highest BCUT2D eigenvalue weighted by Gasteiger charge is 2.13. The van der Waals surface area contributed by atoms with Crippen LogP contribution in [-0.2, 0) is 13.6 Å². The predicted octanol–water partition coefficient (Wildman–Crippen LogP) is 2.42. The Kier molecular flexibility index (Phi) is 3.29. The molecule has 0 fully saturated rings. The van der Waals surface area contributed by atoms with Gasteiger partial charge in [0.2, 0.25) is 0 Å². The maximum Gasteiger partial charge on any atom is 0.0797 e. The summed E-state index contributed by atoms with van der Waals surface area (Å²) in [5.41, 5.74) is 6.09. The highest BCUT2D eigenvalue weighted by molar-refractivity contribution is 5.65. The monoisotopic (exact) mass is 229 g/mol. The first kappa shape index (κ1) is 11.9. The Balaban J connectivity index is 2.52. The highest BCUT2D eigenvalue weighted by atomic mass is 15.3. The maximum absolute atomic E-state index is 4.56. The minimum Gasteiger partial charge on any atom is -0.314 e. The topological polar surface area (TPSA) is 29.9 Å². The van der Waals surface area contributed by atoms with Crippen LogP contribution in [0.2, 0.25) is 0 Å². The molecule has 1 aromatic heterocycles. The molecule has 0 bridgehead atoms. The number of nitrogens with zero attached hydrogens (tertiary/aromatic N) is 2. The maximum atomic E-state index is 4.56. The van der Waals surface area contributed by atoms with Crippen molar-refractivity contribution in [2.24, 2.45) is 7.05 Å². The summed E-state index contributed by atoms with van der Waals surface area (Å²) in [6, 6.07) is 8.55. The molecular weight excluding hydrogens is 210 g/mol. The Bertz CT molecular complexity index is 526. The molecule has 0 atom stereocenters. The van der Waals surface area contributed by atoms with Crippen LogP contribution in [-0.4, -0.2) is 16.8 Å². The smallest absolute Gasteiger partial charge is 0.0797 e. The molecule has 0 saturated carbocycles. The van der Waals surface area contributed by atoms with E-state index in [1.54, 1.807) is 0 Å². The molecule has 0 amide bonds. The Hall–Kier alpha value is -1.61. The number of nitrogens with one attached hydrogen (secondary N) is 1. The first-order valence-electron chi connectivity index (χ1n) is 5.87. The van der Waals surface area contributed by atoms with Crippen molar-refractivity contribution in [3.8, 4) is 11.3 Å². The lowest BCUT2D eigenvalue weighted by molar-refractivity contribution is 0.715. The van der Waals surface area contributed by atoms with Crippen molar-refractivity contribution in [3.63, 3.8) is 0 Å². The minimum atomic E-state index is 0.811. The summed E-state index contributed by atoms with van der Waals surface area (Å²) in [4.78, 5) is 0. The predicted molar refractivity (Wildman–Crippen MR) is 70.9 cm³/mol. The standard InChI is InChI=1S/C14H19N3/c1-10-6-5-7-12(8-10)14-11(2)13(9-15-3)16-17(14)4/h5-8,15H,9H2,1-4H3. The fourth-order valence-electron chi connectivity index (χ4n) is 2.22. The Morgan fingerprint density at radius 2 is 2.06 bits per heavy atom. The first-order valence-corrected chi connectivity index (χ1v) is 5.87. The number of aromatic nitrogens is 2. The van der Waals surface area contributed by atoms with Crippen LogP contribution in [0.1, 0.15) is 16.8 Å². The van der Waals surface area contributed by atoms with Gasteiger partial charge < -0.3 is 5.32 Å². The molecule has 2 rings (SSSR count). The van der Waals surface area contributed by atoms with Gasteiger partial charge in [-0.2, -0.15) is 5.10 Å². The van der Waals surface area contributed by atoms with Gasteiger partial charge in [-0.05, 0) is 32.5 Å². The van der Waals surface area contributed by atoms with E-state index >= 15 is 0 Å². The van der Waals surface area contributed by atoms with Gasteiger partial charge in [-0.15, -0.1) is 0 Å². The molecule has 0 unspecified atom stereocenters. The van der Waals surface area contributed by atoms with Crippen molar-refractivity contribution in [2.75, 3.05) is 7.05 Å². The molecule has 0 aliphatic carbocycles. The number of benzene rings is 1. The molecule has 17 heavy (non-hydrogen) atoms. The summed E-state index contributed by atoms with van der Waals surface area (Å²) >= 11 is 0. The van der Waals surface area contributed by atoms with E-state index in [4.69, 9.17) is 0 Å². The molecule has 3 nitrogen and oxygen atoms in total.